The standard InChI is InChI=1S/C7H13ClNSi/c1-7(6-9,4-5-8)10(2)3/h4-5H2,1-3H3. The van der Waals surface area contributed by atoms with Crippen LogP contribution in [0.1, 0.15) is 13.3 Å². The van der Waals surface area contributed by atoms with E-state index in [0.29, 0.717) is 5.88 Å². The van der Waals surface area contributed by atoms with Crippen molar-refractivity contribution in [2.24, 2.45) is 0 Å². The van der Waals surface area contributed by atoms with Crippen molar-refractivity contribution < 1.29 is 0 Å². The fraction of sp³-hybridized carbons (Fsp3) is 0.857. The average molecular weight is 175 g/mol. The summed E-state index contributed by atoms with van der Waals surface area (Å²) >= 11 is 5.57. The van der Waals surface area contributed by atoms with E-state index in [1.165, 1.54) is 0 Å². The molecular formula is C7H13ClNSi. The van der Waals surface area contributed by atoms with Gasteiger partial charge in [-0.15, -0.1) is 11.6 Å². The van der Waals surface area contributed by atoms with Crippen LogP contribution in [0.3, 0.4) is 0 Å². The first-order chi connectivity index (χ1) is 4.56. The zero-order chi connectivity index (χ0) is 8.20. The Labute approximate surface area is 69.6 Å². The van der Waals surface area contributed by atoms with E-state index in [2.05, 4.69) is 19.2 Å². The molecule has 1 radical (unpaired) electrons. The minimum Gasteiger partial charge on any atom is -0.198 e. The van der Waals surface area contributed by atoms with Crippen molar-refractivity contribution in [3.05, 3.63) is 0 Å². The molecule has 0 bridgehead atoms. The van der Waals surface area contributed by atoms with E-state index in [-0.39, 0.29) is 5.04 Å². The Bertz CT molecular complexity index is 141. The van der Waals surface area contributed by atoms with Gasteiger partial charge in [0.1, 0.15) is 0 Å². The second-order valence-electron chi connectivity index (χ2n) is 2.88. The van der Waals surface area contributed by atoms with Crippen molar-refractivity contribution in [2.45, 2.75) is 31.5 Å². The lowest BCUT2D eigenvalue weighted by molar-refractivity contribution is 0.723. The fourth-order valence-electron chi connectivity index (χ4n) is 0.607. The zero-order valence-electron chi connectivity index (χ0n) is 6.74. The van der Waals surface area contributed by atoms with Crippen molar-refractivity contribution in [3.63, 3.8) is 0 Å². The van der Waals surface area contributed by atoms with Crippen molar-refractivity contribution in [3.8, 4) is 6.07 Å². The van der Waals surface area contributed by atoms with E-state index in [1.807, 2.05) is 6.92 Å². The maximum Gasteiger partial charge on any atom is 0.0664 e. The first-order valence-electron chi connectivity index (χ1n) is 3.34. The number of halogens is 1. The van der Waals surface area contributed by atoms with Crippen LogP contribution in [0.15, 0.2) is 0 Å². The van der Waals surface area contributed by atoms with Crippen molar-refractivity contribution >= 4 is 20.4 Å². The molecule has 10 heavy (non-hydrogen) atoms. The largest absolute Gasteiger partial charge is 0.198 e. The molecule has 0 aromatic heterocycles. The molecule has 0 aromatic carbocycles. The topological polar surface area (TPSA) is 23.8 Å². The van der Waals surface area contributed by atoms with Gasteiger partial charge in [-0.05, 0) is 13.3 Å². The van der Waals surface area contributed by atoms with Gasteiger partial charge in [-0.2, -0.15) is 5.26 Å². The molecule has 0 saturated carbocycles. The number of hydrogen-bond donors (Lipinski definition) is 0. The van der Waals surface area contributed by atoms with Gasteiger partial charge in [0.15, 0.2) is 0 Å². The van der Waals surface area contributed by atoms with Crippen molar-refractivity contribution in [2.75, 3.05) is 5.88 Å². The Morgan fingerprint density at radius 3 is 2.20 bits per heavy atom. The van der Waals surface area contributed by atoms with Gasteiger partial charge in [0, 0.05) is 10.9 Å². The summed E-state index contributed by atoms with van der Waals surface area (Å²) in [5.74, 6) is 0.597. The molecule has 0 N–H and O–H groups in total. The van der Waals surface area contributed by atoms with E-state index in [0.717, 1.165) is 6.42 Å². The molecule has 0 heterocycles. The molecular weight excluding hydrogens is 162 g/mol. The zero-order valence-corrected chi connectivity index (χ0v) is 8.50. The predicted molar refractivity (Wildman–Crippen MR) is 46.8 cm³/mol. The second-order valence-corrected chi connectivity index (χ2v) is 6.36. The lowest BCUT2D eigenvalue weighted by Gasteiger charge is -2.22. The maximum absolute atomic E-state index is 8.80. The highest BCUT2D eigenvalue weighted by Gasteiger charge is 2.28. The third-order valence-corrected chi connectivity index (χ3v) is 4.70. The highest BCUT2D eigenvalue weighted by molar-refractivity contribution is 6.60. The molecule has 1 nitrogen and oxygen atoms in total. The maximum atomic E-state index is 8.80. The smallest absolute Gasteiger partial charge is 0.0664 e. The number of alkyl halides is 1. The van der Waals surface area contributed by atoms with E-state index in [4.69, 9.17) is 16.9 Å². The molecule has 0 rings (SSSR count). The Morgan fingerprint density at radius 1 is 1.60 bits per heavy atom. The first-order valence-corrected chi connectivity index (χ1v) is 6.38. The van der Waals surface area contributed by atoms with Crippen LogP contribution in [0.2, 0.25) is 18.1 Å². The SMILES string of the molecule is C[Si](C)C(C)(C#N)CCCl. The summed E-state index contributed by atoms with van der Waals surface area (Å²) in [5.41, 5.74) is 0. The molecule has 1 unspecified atom stereocenters. The van der Waals surface area contributed by atoms with Gasteiger partial charge in [0.25, 0.3) is 0 Å². The van der Waals surface area contributed by atoms with E-state index < -0.39 is 8.80 Å². The molecule has 0 spiro atoms. The molecule has 0 saturated heterocycles. The average Bonchev–Trinajstić information content (AvgIpc) is 1.88. The second kappa shape index (κ2) is 4.00. The van der Waals surface area contributed by atoms with Crippen LogP contribution in [0.5, 0.6) is 0 Å². The van der Waals surface area contributed by atoms with Crippen molar-refractivity contribution in [1.29, 1.82) is 5.26 Å². The van der Waals surface area contributed by atoms with Crippen LogP contribution in [-0.2, 0) is 0 Å². The summed E-state index contributed by atoms with van der Waals surface area (Å²) in [6.45, 7) is 6.31. The molecule has 57 valence electrons. The molecule has 1 atom stereocenters. The van der Waals surface area contributed by atoms with Gasteiger partial charge in [-0.25, -0.2) is 0 Å². The highest BCUT2D eigenvalue weighted by Crippen LogP contribution is 2.32. The predicted octanol–water partition coefficient (Wildman–Crippen LogP) is 2.65. The van der Waals surface area contributed by atoms with E-state index in [9.17, 15) is 0 Å². The van der Waals surface area contributed by atoms with Gasteiger partial charge < -0.3 is 0 Å². The van der Waals surface area contributed by atoms with Crippen LogP contribution in [0.25, 0.3) is 0 Å². The highest BCUT2D eigenvalue weighted by atomic mass is 35.5. The van der Waals surface area contributed by atoms with Crippen LogP contribution in [-0.4, -0.2) is 14.7 Å². The third-order valence-electron chi connectivity index (χ3n) is 1.94. The number of rotatable bonds is 3. The molecule has 0 fully saturated rings. The fourth-order valence-corrected chi connectivity index (χ4v) is 1.99. The van der Waals surface area contributed by atoms with Gasteiger partial charge in [0.2, 0.25) is 0 Å². The molecule has 0 aromatic rings. The Kier molecular flexibility index (Phi) is 4.00. The first kappa shape index (κ1) is 10.00. The van der Waals surface area contributed by atoms with E-state index in [1.54, 1.807) is 0 Å². The summed E-state index contributed by atoms with van der Waals surface area (Å²) in [4.78, 5) is 0. The molecule has 0 amide bonds. The summed E-state index contributed by atoms with van der Waals surface area (Å²) in [5, 5.41) is 8.67. The Balaban J connectivity index is 4.12. The summed E-state index contributed by atoms with van der Waals surface area (Å²) in [7, 11) is -0.531. The van der Waals surface area contributed by atoms with Crippen LogP contribution >= 0.6 is 11.6 Å². The molecule has 0 aliphatic carbocycles. The Hall–Kier alpha value is -0.00312. The summed E-state index contributed by atoms with van der Waals surface area (Å²) < 4.78 is 0. The van der Waals surface area contributed by atoms with Crippen LogP contribution < -0.4 is 0 Å². The van der Waals surface area contributed by atoms with Crippen LogP contribution in [0.4, 0.5) is 0 Å². The van der Waals surface area contributed by atoms with E-state index >= 15 is 0 Å². The molecule has 3 heteroatoms. The summed E-state index contributed by atoms with van der Waals surface area (Å²) in [6, 6.07) is 2.34. The minimum absolute atomic E-state index is 0.133. The normalized spacial score (nSPS) is 16.4. The van der Waals surface area contributed by atoms with Gasteiger partial charge in [-0.1, -0.05) is 13.1 Å². The van der Waals surface area contributed by atoms with Crippen LogP contribution in [0, 0.1) is 11.3 Å². The quantitative estimate of drug-likeness (QED) is 0.477. The monoisotopic (exact) mass is 174 g/mol. The van der Waals surface area contributed by atoms with Gasteiger partial charge in [0.05, 0.1) is 14.9 Å². The molecule has 0 aliphatic heterocycles. The lowest BCUT2D eigenvalue weighted by Crippen LogP contribution is -2.22. The lowest BCUT2D eigenvalue weighted by atomic mass is 10.1. The summed E-state index contributed by atoms with van der Waals surface area (Å²) in [6.07, 6.45) is 0.826. The molecule has 0 aliphatic rings. The third kappa shape index (κ3) is 2.32. The number of nitrogens with zero attached hydrogens (tertiary/aromatic N) is 1. The minimum atomic E-state index is -0.531. The van der Waals surface area contributed by atoms with Crippen molar-refractivity contribution in [1.82, 2.24) is 0 Å². The van der Waals surface area contributed by atoms with Gasteiger partial charge in [-0.3, -0.25) is 0 Å². The van der Waals surface area contributed by atoms with Gasteiger partial charge >= 0.3 is 0 Å². The number of hydrogen-bond acceptors (Lipinski definition) is 1. The number of nitriles is 1. The Morgan fingerprint density at radius 2 is 2.10 bits per heavy atom.